The molecule has 0 saturated carbocycles. The van der Waals surface area contributed by atoms with Crippen LogP contribution < -0.4 is 10.6 Å². The Morgan fingerprint density at radius 2 is 1.83 bits per heavy atom. The number of nitrogens with two attached hydrogens (primary N) is 1. The average molecular weight is 384 g/mol. The Kier molecular flexibility index (Phi) is 7.47. The summed E-state index contributed by atoms with van der Waals surface area (Å²) in [5.74, 6) is 0.871. The summed E-state index contributed by atoms with van der Waals surface area (Å²) in [7, 11) is 0. The highest BCUT2D eigenvalue weighted by Crippen LogP contribution is 2.23. The van der Waals surface area contributed by atoms with E-state index in [0.717, 1.165) is 24.0 Å². The third-order valence-electron chi connectivity index (χ3n) is 4.17. The fourth-order valence-electron chi connectivity index (χ4n) is 2.78. The lowest BCUT2D eigenvalue weighted by Gasteiger charge is -2.40. The summed E-state index contributed by atoms with van der Waals surface area (Å²) >= 11 is 1.41. The molecule has 0 radical (unpaired) electrons. The fraction of sp³-hybridized carbons (Fsp3) is 0.769. The van der Waals surface area contributed by atoms with Crippen molar-refractivity contribution in [3.63, 3.8) is 0 Å². The van der Waals surface area contributed by atoms with Crippen molar-refractivity contribution in [2.45, 2.75) is 25.3 Å². The van der Waals surface area contributed by atoms with E-state index >= 15 is 0 Å². The molecular weight excluding hydrogens is 361 g/mol. The topological polar surface area (TPSA) is 84.6 Å². The van der Waals surface area contributed by atoms with E-state index in [1.807, 2.05) is 11.8 Å². The van der Waals surface area contributed by atoms with Crippen molar-refractivity contribution in [2.75, 3.05) is 44.3 Å². The molecule has 3 heterocycles. The number of aromatic nitrogens is 2. The average Bonchev–Trinajstić information content (AvgIpc) is 2.94. The Labute approximate surface area is 152 Å². The van der Waals surface area contributed by atoms with Gasteiger partial charge in [-0.05, 0) is 19.8 Å². The van der Waals surface area contributed by atoms with Gasteiger partial charge in [-0.3, -0.25) is 4.79 Å². The first kappa shape index (κ1) is 20.4. The largest absolute Gasteiger partial charge is 0.381 e. The predicted molar refractivity (Wildman–Crippen MR) is 94.9 cm³/mol. The number of hydrogen-bond donors (Lipinski definition) is 1. The Morgan fingerprint density at radius 3 is 2.35 bits per heavy atom. The maximum atomic E-state index is 12.6. The molecule has 0 bridgehead atoms. The maximum Gasteiger partial charge on any atom is 0.242 e. The molecule has 23 heavy (non-hydrogen) atoms. The van der Waals surface area contributed by atoms with Crippen LogP contribution in [-0.4, -0.2) is 65.1 Å². The molecule has 0 aliphatic carbocycles. The van der Waals surface area contributed by atoms with Gasteiger partial charge in [0.15, 0.2) is 0 Å². The van der Waals surface area contributed by atoms with Gasteiger partial charge in [0.05, 0.1) is 5.54 Å². The zero-order valence-electron chi connectivity index (χ0n) is 13.1. The summed E-state index contributed by atoms with van der Waals surface area (Å²) in [6.07, 6.45) is 1.23. The molecule has 10 heteroatoms. The number of amides is 1. The second-order valence-corrected chi connectivity index (χ2v) is 6.40. The number of halogens is 2. The minimum Gasteiger partial charge on any atom is -0.381 e. The smallest absolute Gasteiger partial charge is 0.242 e. The number of aryl methyl sites for hydroxylation is 1. The molecule has 2 aliphatic rings. The van der Waals surface area contributed by atoms with Gasteiger partial charge in [0.1, 0.15) is 5.82 Å². The van der Waals surface area contributed by atoms with E-state index in [1.54, 1.807) is 0 Å². The summed E-state index contributed by atoms with van der Waals surface area (Å²) in [5, 5.41) is 0.938. The Bertz CT molecular complexity index is 516. The van der Waals surface area contributed by atoms with Crippen molar-refractivity contribution < 1.29 is 9.53 Å². The van der Waals surface area contributed by atoms with Gasteiger partial charge in [-0.25, -0.2) is 4.98 Å². The second kappa shape index (κ2) is 8.43. The number of carbonyl (C=O) groups excluding carboxylic acids is 1. The minimum atomic E-state index is -0.736. The predicted octanol–water partition coefficient (Wildman–Crippen LogP) is 0.847. The lowest BCUT2D eigenvalue weighted by molar-refractivity contribution is -0.140. The quantitative estimate of drug-likeness (QED) is 0.814. The highest BCUT2D eigenvalue weighted by atomic mass is 35.5. The second-order valence-electron chi connectivity index (χ2n) is 5.67. The lowest BCUT2D eigenvalue weighted by Crippen LogP contribution is -2.61. The van der Waals surface area contributed by atoms with E-state index in [0.29, 0.717) is 39.1 Å². The molecule has 0 spiro atoms. The first-order chi connectivity index (χ1) is 10.1. The Hall–Kier alpha value is -0.670. The van der Waals surface area contributed by atoms with Crippen LogP contribution in [0, 0.1) is 6.92 Å². The minimum absolute atomic E-state index is 0. The van der Waals surface area contributed by atoms with Crippen LogP contribution in [0.1, 0.15) is 18.7 Å². The van der Waals surface area contributed by atoms with Gasteiger partial charge in [0.25, 0.3) is 0 Å². The molecule has 2 N–H and O–H groups in total. The van der Waals surface area contributed by atoms with E-state index < -0.39 is 5.54 Å². The van der Waals surface area contributed by atoms with Crippen LogP contribution in [0.15, 0.2) is 0 Å². The monoisotopic (exact) mass is 383 g/mol. The van der Waals surface area contributed by atoms with E-state index in [4.69, 9.17) is 10.5 Å². The van der Waals surface area contributed by atoms with Gasteiger partial charge in [-0.15, -0.1) is 24.8 Å². The number of anilines is 1. The molecule has 0 unspecified atom stereocenters. The number of carbonyl (C=O) groups is 1. The normalized spacial score (nSPS) is 20.4. The highest BCUT2D eigenvalue weighted by Gasteiger charge is 2.39. The Morgan fingerprint density at radius 1 is 1.22 bits per heavy atom. The van der Waals surface area contributed by atoms with Gasteiger partial charge in [0, 0.05) is 50.9 Å². The lowest BCUT2D eigenvalue weighted by atomic mass is 9.89. The van der Waals surface area contributed by atoms with Crippen LogP contribution in [0.5, 0.6) is 0 Å². The van der Waals surface area contributed by atoms with Crippen LogP contribution in [0.4, 0.5) is 5.13 Å². The van der Waals surface area contributed by atoms with Gasteiger partial charge >= 0.3 is 0 Å². The van der Waals surface area contributed by atoms with Crippen LogP contribution >= 0.6 is 36.3 Å². The number of ether oxygens (including phenoxy) is 1. The van der Waals surface area contributed by atoms with Gasteiger partial charge in [-0.1, -0.05) is 0 Å². The van der Waals surface area contributed by atoms with Crippen LogP contribution in [0.2, 0.25) is 0 Å². The zero-order chi connectivity index (χ0) is 14.9. The zero-order valence-corrected chi connectivity index (χ0v) is 15.5. The van der Waals surface area contributed by atoms with Crippen molar-refractivity contribution in [1.29, 1.82) is 0 Å². The molecule has 1 aromatic heterocycles. The molecule has 1 amide bonds. The number of rotatable bonds is 2. The van der Waals surface area contributed by atoms with Crippen molar-refractivity contribution in [3.05, 3.63) is 5.82 Å². The Balaban J connectivity index is 0.00000132. The maximum absolute atomic E-state index is 12.6. The molecule has 2 fully saturated rings. The summed E-state index contributed by atoms with van der Waals surface area (Å²) < 4.78 is 9.51. The van der Waals surface area contributed by atoms with E-state index in [-0.39, 0.29) is 30.7 Å². The summed E-state index contributed by atoms with van der Waals surface area (Å²) in [6.45, 7) is 6.00. The molecule has 2 saturated heterocycles. The number of hydrogen-bond acceptors (Lipinski definition) is 7. The van der Waals surface area contributed by atoms with Crippen molar-refractivity contribution in [1.82, 2.24) is 14.3 Å². The van der Waals surface area contributed by atoms with E-state index in [2.05, 4.69) is 14.3 Å². The molecule has 7 nitrogen and oxygen atoms in total. The van der Waals surface area contributed by atoms with Crippen LogP contribution in [0.25, 0.3) is 0 Å². The first-order valence-corrected chi connectivity index (χ1v) is 8.07. The van der Waals surface area contributed by atoms with E-state index in [9.17, 15) is 4.79 Å². The highest BCUT2D eigenvalue weighted by molar-refractivity contribution is 7.09. The van der Waals surface area contributed by atoms with Gasteiger partial charge in [0.2, 0.25) is 11.0 Å². The molecular formula is C13H23Cl2N5O2S. The summed E-state index contributed by atoms with van der Waals surface area (Å²) in [4.78, 5) is 21.1. The molecule has 0 aromatic carbocycles. The van der Waals surface area contributed by atoms with Crippen LogP contribution in [0.3, 0.4) is 0 Å². The van der Waals surface area contributed by atoms with Gasteiger partial charge < -0.3 is 20.3 Å². The standard InChI is InChI=1S/C13H21N5O2S.2ClH/c1-10-15-12(21-16-10)18-6-4-17(5-7-18)11(19)13(14)2-8-20-9-3-13;;/h2-9,14H2,1H3;2*1H. The molecule has 3 rings (SSSR count). The first-order valence-electron chi connectivity index (χ1n) is 7.30. The SMILES string of the molecule is Cc1nsc(N2CCN(C(=O)C3(N)CCOCC3)CC2)n1.Cl.Cl. The molecule has 1 aromatic rings. The third-order valence-corrected chi connectivity index (χ3v) is 5.03. The molecule has 0 atom stereocenters. The van der Waals surface area contributed by atoms with Gasteiger partial charge in [-0.2, -0.15) is 4.37 Å². The number of nitrogens with zero attached hydrogens (tertiary/aromatic N) is 4. The number of piperazine rings is 1. The molecule has 132 valence electrons. The van der Waals surface area contributed by atoms with Crippen LogP contribution in [-0.2, 0) is 9.53 Å². The fourth-order valence-corrected chi connectivity index (χ4v) is 3.51. The molecule has 2 aliphatic heterocycles. The summed E-state index contributed by atoms with van der Waals surface area (Å²) in [6, 6.07) is 0. The van der Waals surface area contributed by atoms with Crippen molar-refractivity contribution >= 4 is 47.4 Å². The summed E-state index contributed by atoms with van der Waals surface area (Å²) in [5.41, 5.74) is 5.54. The van der Waals surface area contributed by atoms with Crippen molar-refractivity contribution in [2.24, 2.45) is 5.73 Å². The van der Waals surface area contributed by atoms with Crippen molar-refractivity contribution in [3.8, 4) is 0 Å². The van der Waals surface area contributed by atoms with E-state index in [1.165, 1.54) is 11.5 Å². The third kappa shape index (κ3) is 4.45.